The van der Waals surface area contributed by atoms with E-state index in [9.17, 15) is 10.1 Å². The lowest BCUT2D eigenvalue weighted by atomic mass is 10.1. The number of anilines is 2. The molecular formula is C10H16N6O3. The van der Waals surface area contributed by atoms with Crippen molar-refractivity contribution in [3.8, 4) is 0 Å². The normalized spacial score (nSPS) is 18.6. The molecule has 1 aliphatic rings. The van der Waals surface area contributed by atoms with Crippen LogP contribution in [0.3, 0.4) is 0 Å². The summed E-state index contributed by atoms with van der Waals surface area (Å²) >= 11 is 0. The third-order valence-corrected chi connectivity index (χ3v) is 3.06. The third-order valence-electron chi connectivity index (χ3n) is 3.06. The molecule has 0 aromatic carbocycles. The van der Waals surface area contributed by atoms with Crippen molar-refractivity contribution in [3.63, 3.8) is 0 Å². The number of nitrogen functional groups attached to an aromatic ring is 1. The lowest BCUT2D eigenvalue weighted by molar-refractivity contribution is -0.384. The van der Waals surface area contributed by atoms with E-state index in [1.165, 1.54) is 6.20 Å². The smallest absolute Gasteiger partial charge is 0.329 e. The maximum absolute atomic E-state index is 11.0. The summed E-state index contributed by atoms with van der Waals surface area (Å²) in [6.07, 6.45) is 2.08. The average molecular weight is 268 g/mol. The van der Waals surface area contributed by atoms with Gasteiger partial charge in [-0.15, -0.1) is 0 Å². The molecule has 2 rings (SSSR count). The van der Waals surface area contributed by atoms with Crippen molar-refractivity contribution in [2.75, 3.05) is 37.1 Å². The number of aromatic nitrogens is 2. The van der Waals surface area contributed by atoms with Crippen molar-refractivity contribution in [2.24, 2.45) is 11.8 Å². The Morgan fingerprint density at radius 2 is 2.53 bits per heavy atom. The second kappa shape index (κ2) is 5.76. The number of ether oxygens (including phenoxy) is 1. The van der Waals surface area contributed by atoms with Crippen molar-refractivity contribution in [1.82, 2.24) is 9.97 Å². The van der Waals surface area contributed by atoms with Crippen LogP contribution >= 0.6 is 0 Å². The molecule has 1 atom stereocenters. The van der Waals surface area contributed by atoms with E-state index in [1.807, 2.05) is 4.90 Å². The zero-order chi connectivity index (χ0) is 13.8. The first-order chi connectivity index (χ1) is 9.15. The number of nitro groups is 1. The Labute approximate surface area is 109 Å². The van der Waals surface area contributed by atoms with Gasteiger partial charge in [-0.3, -0.25) is 15.5 Å². The summed E-state index contributed by atoms with van der Waals surface area (Å²) in [5, 5.41) is 11.0. The second-order valence-electron chi connectivity index (χ2n) is 4.36. The fourth-order valence-electron chi connectivity index (χ4n) is 2.19. The fourth-order valence-corrected chi connectivity index (χ4v) is 2.19. The molecule has 2 heterocycles. The molecule has 1 saturated heterocycles. The maximum atomic E-state index is 11.0. The van der Waals surface area contributed by atoms with Gasteiger partial charge in [-0.25, -0.2) is 10.8 Å². The van der Waals surface area contributed by atoms with E-state index in [0.717, 1.165) is 6.42 Å². The van der Waals surface area contributed by atoms with E-state index in [2.05, 4.69) is 15.4 Å². The summed E-state index contributed by atoms with van der Waals surface area (Å²) in [7, 11) is 1.65. The summed E-state index contributed by atoms with van der Waals surface area (Å²) in [5.74, 6) is 6.05. The topological polar surface area (TPSA) is 119 Å². The minimum atomic E-state index is -0.487. The SMILES string of the molecule is COCC1CCN(c2nc(NN)ncc2[N+](=O)[O-])C1. The first kappa shape index (κ1) is 13.4. The van der Waals surface area contributed by atoms with Crippen molar-refractivity contribution in [1.29, 1.82) is 0 Å². The van der Waals surface area contributed by atoms with Crippen LogP contribution in [0.4, 0.5) is 17.5 Å². The van der Waals surface area contributed by atoms with Gasteiger partial charge in [-0.05, 0) is 6.42 Å². The zero-order valence-electron chi connectivity index (χ0n) is 10.6. The summed E-state index contributed by atoms with van der Waals surface area (Å²) in [4.78, 5) is 20.2. The van der Waals surface area contributed by atoms with Crippen molar-refractivity contribution in [3.05, 3.63) is 16.3 Å². The van der Waals surface area contributed by atoms with Crippen LogP contribution in [-0.4, -0.2) is 41.7 Å². The van der Waals surface area contributed by atoms with Crippen molar-refractivity contribution >= 4 is 17.5 Å². The molecule has 1 unspecified atom stereocenters. The summed E-state index contributed by atoms with van der Waals surface area (Å²) in [6, 6.07) is 0. The van der Waals surface area contributed by atoms with E-state index < -0.39 is 4.92 Å². The van der Waals surface area contributed by atoms with Gasteiger partial charge in [0.25, 0.3) is 0 Å². The van der Waals surface area contributed by atoms with Crippen molar-refractivity contribution in [2.45, 2.75) is 6.42 Å². The van der Waals surface area contributed by atoms with Gasteiger partial charge < -0.3 is 9.64 Å². The van der Waals surface area contributed by atoms with Crippen molar-refractivity contribution < 1.29 is 9.66 Å². The van der Waals surface area contributed by atoms with Gasteiger partial charge in [-0.1, -0.05) is 0 Å². The molecule has 0 spiro atoms. The first-order valence-electron chi connectivity index (χ1n) is 5.87. The van der Waals surface area contributed by atoms with Gasteiger partial charge in [0.05, 0.1) is 11.5 Å². The molecule has 104 valence electrons. The van der Waals surface area contributed by atoms with Gasteiger partial charge >= 0.3 is 5.69 Å². The van der Waals surface area contributed by atoms with Gasteiger partial charge in [0.15, 0.2) is 0 Å². The Bertz CT molecular complexity index is 469. The number of nitrogens with zero attached hydrogens (tertiary/aromatic N) is 4. The standard InChI is InChI=1S/C10H16N6O3/c1-19-6-7-2-3-15(5-7)9-8(16(17)18)4-12-10(13-9)14-11/h4,7H,2-3,5-6,11H2,1H3,(H,12,13,14). The molecule has 1 aliphatic heterocycles. The minimum absolute atomic E-state index is 0.114. The number of nitrogens with two attached hydrogens (primary N) is 1. The highest BCUT2D eigenvalue weighted by Gasteiger charge is 2.29. The summed E-state index contributed by atoms with van der Waals surface area (Å²) < 4.78 is 5.11. The summed E-state index contributed by atoms with van der Waals surface area (Å²) in [5.41, 5.74) is 2.18. The average Bonchev–Trinajstić information content (AvgIpc) is 2.87. The zero-order valence-corrected chi connectivity index (χ0v) is 10.6. The predicted octanol–water partition coefficient (Wildman–Crippen LogP) is 0.143. The largest absolute Gasteiger partial charge is 0.384 e. The number of hydrogen-bond donors (Lipinski definition) is 2. The van der Waals surface area contributed by atoms with Crippen LogP contribution in [0.1, 0.15) is 6.42 Å². The van der Waals surface area contributed by atoms with E-state index >= 15 is 0 Å². The molecule has 3 N–H and O–H groups in total. The molecule has 0 bridgehead atoms. The molecule has 0 aliphatic carbocycles. The number of rotatable bonds is 5. The maximum Gasteiger partial charge on any atom is 0.329 e. The number of hydrogen-bond acceptors (Lipinski definition) is 8. The molecule has 0 amide bonds. The predicted molar refractivity (Wildman–Crippen MR) is 68.7 cm³/mol. The van der Waals surface area contributed by atoms with Gasteiger partial charge in [0.1, 0.15) is 6.20 Å². The minimum Gasteiger partial charge on any atom is -0.384 e. The van der Waals surface area contributed by atoms with Gasteiger partial charge in [-0.2, -0.15) is 4.98 Å². The third kappa shape index (κ3) is 2.88. The number of methoxy groups -OCH3 is 1. The van der Waals surface area contributed by atoms with Crippen LogP contribution in [-0.2, 0) is 4.74 Å². The highest BCUT2D eigenvalue weighted by molar-refractivity contribution is 5.59. The van der Waals surface area contributed by atoms with Crippen LogP contribution in [0.2, 0.25) is 0 Å². The Hall–Kier alpha value is -2.00. The molecular weight excluding hydrogens is 252 g/mol. The van der Waals surface area contributed by atoms with Crippen LogP contribution in [0, 0.1) is 16.0 Å². The molecule has 9 heteroatoms. The molecule has 1 aromatic rings. The Morgan fingerprint density at radius 3 is 3.16 bits per heavy atom. The van der Waals surface area contributed by atoms with E-state index in [0.29, 0.717) is 31.4 Å². The summed E-state index contributed by atoms with van der Waals surface area (Å²) in [6.45, 7) is 2.02. The quantitative estimate of drug-likeness (QED) is 0.439. The van der Waals surface area contributed by atoms with E-state index in [4.69, 9.17) is 10.6 Å². The number of hydrazine groups is 1. The van der Waals surface area contributed by atoms with E-state index in [1.54, 1.807) is 7.11 Å². The number of nitrogens with one attached hydrogen (secondary N) is 1. The highest BCUT2D eigenvalue weighted by Crippen LogP contribution is 2.30. The second-order valence-corrected chi connectivity index (χ2v) is 4.36. The van der Waals surface area contributed by atoms with Crippen LogP contribution in [0.15, 0.2) is 6.20 Å². The molecule has 9 nitrogen and oxygen atoms in total. The van der Waals surface area contributed by atoms with Crippen LogP contribution in [0.25, 0.3) is 0 Å². The first-order valence-corrected chi connectivity index (χ1v) is 5.87. The van der Waals surface area contributed by atoms with E-state index in [-0.39, 0.29) is 11.6 Å². The van der Waals surface area contributed by atoms with Gasteiger partial charge in [0, 0.05) is 26.1 Å². The fraction of sp³-hybridized carbons (Fsp3) is 0.600. The molecule has 1 fully saturated rings. The Balaban J connectivity index is 2.25. The van der Waals surface area contributed by atoms with Crippen LogP contribution in [0.5, 0.6) is 0 Å². The Morgan fingerprint density at radius 1 is 1.74 bits per heavy atom. The molecule has 0 radical (unpaired) electrons. The Kier molecular flexibility index (Phi) is 4.07. The van der Waals surface area contributed by atoms with Crippen LogP contribution < -0.4 is 16.2 Å². The lowest BCUT2D eigenvalue weighted by Gasteiger charge is -2.17. The monoisotopic (exact) mass is 268 g/mol. The molecule has 0 saturated carbocycles. The molecule has 1 aromatic heterocycles. The molecule has 19 heavy (non-hydrogen) atoms. The highest BCUT2D eigenvalue weighted by atomic mass is 16.6. The van der Waals surface area contributed by atoms with Gasteiger partial charge in [0.2, 0.25) is 11.8 Å². The lowest BCUT2D eigenvalue weighted by Crippen LogP contribution is -2.24.